The number of aliphatic hydroxyl groups is 1. The summed E-state index contributed by atoms with van der Waals surface area (Å²) < 4.78 is 1.70. The lowest BCUT2D eigenvalue weighted by Gasteiger charge is -2.13. The maximum absolute atomic E-state index is 12.0. The highest BCUT2D eigenvalue weighted by Crippen LogP contribution is 2.16. The summed E-state index contributed by atoms with van der Waals surface area (Å²) in [6.07, 6.45) is 2.58. The van der Waals surface area contributed by atoms with Crippen molar-refractivity contribution in [1.82, 2.24) is 15.1 Å². The van der Waals surface area contributed by atoms with E-state index in [0.29, 0.717) is 11.3 Å². The van der Waals surface area contributed by atoms with Crippen LogP contribution in [-0.2, 0) is 9.59 Å². The van der Waals surface area contributed by atoms with Crippen molar-refractivity contribution in [3.63, 3.8) is 0 Å². The van der Waals surface area contributed by atoms with Gasteiger partial charge < -0.3 is 15.7 Å². The fourth-order valence-electron chi connectivity index (χ4n) is 2.67. The molecule has 0 aliphatic carbocycles. The van der Waals surface area contributed by atoms with Crippen molar-refractivity contribution >= 4 is 17.5 Å². The topological polar surface area (TPSA) is 96.3 Å². The number of nitrogens with one attached hydrogen (secondary N) is 2. The fraction of sp³-hybridized carbons (Fsp3) is 0.190. The Labute approximate surface area is 163 Å². The van der Waals surface area contributed by atoms with Crippen molar-refractivity contribution in [2.45, 2.75) is 20.0 Å². The Morgan fingerprint density at radius 2 is 1.82 bits per heavy atom. The van der Waals surface area contributed by atoms with Crippen LogP contribution in [0.4, 0.5) is 5.69 Å². The average molecular weight is 378 g/mol. The number of anilines is 1. The first-order chi connectivity index (χ1) is 13.4. The first kappa shape index (κ1) is 19.3. The molecule has 0 aliphatic heterocycles. The molecule has 3 aromatic rings. The lowest BCUT2D eigenvalue weighted by atomic mass is 10.1. The van der Waals surface area contributed by atoms with E-state index in [-0.39, 0.29) is 6.54 Å². The van der Waals surface area contributed by atoms with E-state index >= 15 is 0 Å². The summed E-state index contributed by atoms with van der Waals surface area (Å²) in [5.41, 5.74) is 4.16. The van der Waals surface area contributed by atoms with Crippen LogP contribution in [0.1, 0.15) is 22.8 Å². The molecule has 2 amide bonds. The van der Waals surface area contributed by atoms with Gasteiger partial charge in [0.25, 0.3) is 0 Å². The fourth-order valence-corrected chi connectivity index (χ4v) is 2.67. The van der Waals surface area contributed by atoms with Gasteiger partial charge in [0.15, 0.2) is 0 Å². The van der Waals surface area contributed by atoms with Crippen LogP contribution in [0.25, 0.3) is 5.69 Å². The quantitative estimate of drug-likeness (QED) is 0.594. The summed E-state index contributed by atoms with van der Waals surface area (Å²) in [6.45, 7) is 3.83. The van der Waals surface area contributed by atoms with E-state index in [4.69, 9.17) is 0 Å². The molecule has 7 heteroatoms. The number of aliphatic hydroxyl groups excluding tert-OH is 1. The standard InChI is InChI=1S/C21H22N4O3/c1-14-4-7-17(12-15(14)2)24-21(28)20(27)22-13-19(26)16-5-8-18(9-6-16)25-11-3-10-23-25/h3-12,19,26H,13H2,1-2H3,(H,22,27)(H,24,28). The van der Waals surface area contributed by atoms with Crippen molar-refractivity contribution in [2.24, 2.45) is 0 Å². The molecule has 0 radical (unpaired) electrons. The van der Waals surface area contributed by atoms with Gasteiger partial charge in [0.2, 0.25) is 0 Å². The van der Waals surface area contributed by atoms with E-state index in [1.807, 2.05) is 44.3 Å². The second kappa shape index (κ2) is 8.49. The molecule has 28 heavy (non-hydrogen) atoms. The van der Waals surface area contributed by atoms with Crippen molar-refractivity contribution in [2.75, 3.05) is 11.9 Å². The molecule has 1 atom stereocenters. The predicted molar refractivity (Wildman–Crippen MR) is 106 cm³/mol. The number of hydrogen-bond acceptors (Lipinski definition) is 4. The van der Waals surface area contributed by atoms with E-state index in [1.165, 1.54) is 0 Å². The van der Waals surface area contributed by atoms with Crippen molar-refractivity contribution in [3.8, 4) is 5.69 Å². The number of amides is 2. The van der Waals surface area contributed by atoms with E-state index in [9.17, 15) is 14.7 Å². The lowest BCUT2D eigenvalue weighted by Crippen LogP contribution is -2.37. The van der Waals surface area contributed by atoms with Crippen LogP contribution in [-0.4, -0.2) is 33.2 Å². The number of aryl methyl sites for hydroxylation is 2. The highest BCUT2D eigenvalue weighted by Gasteiger charge is 2.16. The first-order valence-electron chi connectivity index (χ1n) is 8.88. The van der Waals surface area contributed by atoms with Gasteiger partial charge in [0, 0.05) is 24.6 Å². The van der Waals surface area contributed by atoms with Gasteiger partial charge in [0.05, 0.1) is 11.8 Å². The Morgan fingerprint density at radius 1 is 1.07 bits per heavy atom. The maximum atomic E-state index is 12.0. The summed E-state index contributed by atoms with van der Waals surface area (Å²) in [5, 5.41) is 19.4. The van der Waals surface area contributed by atoms with Crippen LogP contribution in [0.2, 0.25) is 0 Å². The molecule has 1 aromatic heterocycles. The number of carbonyl (C=O) groups excluding carboxylic acids is 2. The molecule has 144 valence electrons. The van der Waals surface area contributed by atoms with Gasteiger partial charge in [-0.25, -0.2) is 4.68 Å². The molecule has 0 spiro atoms. The SMILES string of the molecule is Cc1ccc(NC(=O)C(=O)NCC(O)c2ccc(-n3cccn3)cc2)cc1C. The zero-order valence-electron chi connectivity index (χ0n) is 15.7. The minimum Gasteiger partial charge on any atom is -0.387 e. The third kappa shape index (κ3) is 4.63. The zero-order valence-corrected chi connectivity index (χ0v) is 15.7. The molecule has 1 heterocycles. The van der Waals surface area contributed by atoms with Crippen LogP contribution < -0.4 is 10.6 Å². The minimum absolute atomic E-state index is 0.0692. The smallest absolute Gasteiger partial charge is 0.313 e. The number of benzene rings is 2. The Balaban J connectivity index is 1.53. The van der Waals surface area contributed by atoms with Gasteiger partial charge in [-0.05, 0) is 60.9 Å². The van der Waals surface area contributed by atoms with Gasteiger partial charge in [0.1, 0.15) is 0 Å². The molecule has 0 bridgehead atoms. The summed E-state index contributed by atoms with van der Waals surface area (Å²) in [7, 11) is 0. The number of carbonyl (C=O) groups is 2. The molecule has 0 saturated carbocycles. The second-order valence-electron chi connectivity index (χ2n) is 6.52. The van der Waals surface area contributed by atoms with Crippen LogP contribution in [0.3, 0.4) is 0 Å². The summed E-state index contributed by atoms with van der Waals surface area (Å²) in [6, 6.07) is 14.4. The largest absolute Gasteiger partial charge is 0.387 e. The van der Waals surface area contributed by atoms with Gasteiger partial charge in [-0.1, -0.05) is 18.2 Å². The summed E-state index contributed by atoms with van der Waals surface area (Å²) in [5.74, 6) is -1.57. The molecule has 0 saturated heterocycles. The molecule has 0 fully saturated rings. The monoisotopic (exact) mass is 378 g/mol. The Bertz CT molecular complexity index is 966. The zero-order chi connectivity index (χ0) is 20.1. The first-order valence-corrected chi connectivity index (χ1v) is 8.88. The van der Waals surface area contributed by atoms with Crippen molar-refractivity contribution in [3.05, 3.63) is 77.6 Å². The van der Waals surface area contributed by atoms with Crippen LogP contribution in [0.5, 0.6) is 0 Å². The van der Waals surface area contributed by atoms with E-state index in [1.54, 1.807) is 35.1 Å². The normalized spacial score (nSPS) is 11.7. The Morgan fingerprint density at radius 3 is 2.46 bits per heavy atom. The number of aromatic nitrogens is 2. The molecule has 3 N–H and O–H groups in total. The molecule has 1 unspecified atom stereocenters. The van der Waals surface area contributed by atoms with E-state index in [2.05, 4.69) is 15.7 Å². The van der Waals surface area contributed by atoms with E-state index < -0.39 is 17.9 Å². The number of rotatable bonds is 5. The lowest BCUT2D eigenvalue weighted by molar-refractivity contribution is -0.136. The second-order valence-corrected chi connectivity index (χ2v) is 6.52. The van der Waals surface area contributed by atoms with Crippen LogP contribution >= 0.6 is 0 Å². The maximum Gasteiger partial charge on any atom is 0.313 e. The van der Waals surface area contributed by atoms with Gasteiger partial charge in [-0.15, -0.1) is 0 Å². The number of nitrogens with zero attached hydrogens (tertiary/aromatic N) is 2. The molecular formula is C21H22N4O3. The molecule has 3 rings (SSSR count). The molecular weight excluding hydrogens is 356 g/mol. The van der Waals surface area contributed by atoms with Crippen LogP contribution in [0.15, 0.2) is 60.9 Å². The van der Waals surface area contributed by atoms with E-state index in [0.717, 1.165) is 16.8 Å². The van der Waals surface area contributed by atoms with Crippen molar-refractivity contribution < 1.29 is 14.7 Å². The third-order valence-electron chi connectivity index (χ3n) is 4.47. The van der Waals surface area contributed by atoms with Gasteiger partial charge in [-0.2, -0.15) is 5.10 Å². The molecule has 0 aliphatic rings. The van der Waals surface area contributed by atoms with Gasteiger partial charge in [-0.3, -0.25) is 9.59 Å². The van der Waals surface area contributed by atoms with Crippen LogP contribution in [0, 0.1) is 13.8 Å². The highest BCUT2D eigenvalue weighted by molar-refractivity contribution is 6.39. The summed E-state index contributed by atoms with van der Waals surface area (Å²) in [4.78, 5) is 24.0. The minimum atomic E-state index is -0.926. The Hall–Kier alpha value is -3.45. The predicted octanol–water partition coefficient (Wildman–Crippen LogP) is 2.28. The van der Waals surface area contributed by atoms with Gasteiger partial charge >= 0.3 is 11.8 Å². The Kier molecular flexibility index (Phi) is 5.86. The highest BCUT2D eigenvalue weighted by atomic mass is 16.3. The summed E-state index contributed by atoms with van der Waals surface area (Å²) >= 11 is 0. The number of hydrogen-bond donors (Lipinski definition) is 3. The third-order valence-corrected chi connectivity index (χ3v) is 4.47. The molecule has 7 nitrogen and oxygen atoms in total. The average Bonchev–Trinajstić information content (AvgIpc) is 3.23. The molecule has 2 aromatic carbocycles. The van der Waals surface area contributed by atoms with Crippen molar-refractivity contribution in [1.29, 1.82) is 0 Å².